The van der Waals surface area contributed by atoms with E-state index in [1.165, 1.54) is 0 Å². The molecule has 2 aromatic rings. The van der Waals surface area contributed by atoms with Crippen LogP contribution in [0.3, 0.4) is 0 Å². The molecule has 0 saturated heterocycles. The Balaban J connectivity index is 1.84. The van der Waals surface area contributed by atoms with Crippen LogP contribution in [0.2, 0.25) is 5.02 Å². The van der Waals surface area contributed by atoms with Gasteiger partial charge in [-0.05, 0) is 61.3 Å². The first-order chi connectivity index (χ1) is 15.0. The van der Waals surface area contributed by atoms with Crippen LogP contribution in [0.5, 0.6) is 0 Å². The molecular formula is C25H30Cl2N2O2. The second-order valence-corrected chi connectivity index (χ2v) is 9.08. The normalized spacial score (nSPS) is 19.5. The Hall–Kier alpha value is -2.04. The summed E-state index contributed by atoms with van der Waals surface area (Å²) in [6, 6.07) is 16.5. The van der Waals surface area contributed by atoms with Crippen molar-refractivity contribution in [2.75, 3.05) is 12.4 Å². The number of halogens is 2. The summed E-state index contributed by atoms with van der Waals surface area (Å²) in [4.78, 5) is 27.9. The number of hydrogen-bond acceptors (Lipinski definition) is 2. The first kappa shape index (κ1) is 23.6. The van der Waals surface area contributed by atoms with E-state index in [0.717, 1.165) is 36.8 Å². The Kier molecular flexibility index (Phi) is 8.79. The average molecular weight is 461 g/mol. The molecule has 4 nitrogen and oxygen atoms in total. The van der Waals surface area contributed by atoms with Gasteiger partial charge in [-0.1, -0.05) is 61.0 Å². The molecule has 1 N–H and O–H groups in total. The van der Waals surface area contributed by atoms with Gasteiger partial charge in [0.05, 0.1) is 0 Å². The number of rotatable bonds is 8. The molecule has 31 heavy (non-hydrogen) atoms. The van der Waals surface area contributed by atoms with Crippen LogP contribution >= 0.6 is 23.2 Å². The molecule has 0 aliphatic heterocycles. The largest absolute Gasteiger partial charge is 0.351 e. The van der Waals surface area contributed by atoms with Crippen LogP contribution in [0.1, 0.15) is 49.8 Å². The summed E-state index contributed by atoms with van der Waals surface area (Å²) in [5, 5.41) is 3.79. The fraction of sp³-hybridized carbons (Fsp3) is 0.440. The third-order valence-corrected chi connectivity index (χ3v) is 6.51. The molecule has 3 rings (SSSR count). The van der Waals surface area contributed by atoms with E-state index in [1.54, 1.807) is 17.0 Å². The molecule has 1 saturated carbocycles. The zero-order valence-corrected chi connectivity index (χ0v) is 19.4. The first-order valence-corrected chi connectivity index (χ1v) is 11.8. The molecule has 0 aromatic heterocycles. The van der Waals surface area contributed by atoms with Crippen LogP contribution in [0.4, 0.5) is 0 Å². The second-order valence-electron chi connectivity index (χ2n) is 8.38. The summed E-state index contributed by atoms with van der Waals surface area (Å²) in [5.41, 5.74) is 1.84. The lowest BCUT2D eigenvalue weighted by Gasteiger charge is -2.34. The van der Waals surface area contributed by atoms with Crippen LogP contribution in [-0.4, -0.2) is 35.2 Å². The number of nitrogens with one attached hydrogen (secondary N) is 1. The number of alkyl halides is 1. The predicted molar refractivity (Wildman–Crippen MR) is 126 cm³/mol. The highest BCUT2D eigenvalue weighted by Crippen LogP contribution is 2.27. The minimum atomic E-state index is -0.744. The Morgan fingerprint density at radius 3 is 2.29 bits per heavy atom. The van der Waals surface area contributed by atoms with Crippen molar-refractivity contribution in [2.24, 2.45) is 5.92 Å². The molecule has 1 fully saturated rings. The molecule has 166 valence electrons. The third kappa shape index (κ3) is 6.72. The van der Waals surface area contributed by atoms with Crippen LogP contribution in [-0.2, 0) is 16.0 Å². The summed E-state index contributed by atoms with van der Waals surface area (Å²) in [6.45, 7) is 2.65. The number of benzene rings is 2. The van der Waals surface area contributed by atoms with Crippen molar-refractivity contribution >= 4 is 35.0 Å². The van der Waals surface area contributed by atoms with Crippen LogP contribution in [0.25, 0.3) is 0 Å². The molecule has 0 radical (unpaired) electrons. The van der Waals surface area contributed by atoms with E-state index in [0.29, 0.717) is 23.9 Å². The Morgan fingerprint density at radius 1 is 1.03 bits per heavy atom. The zero-order valence-electron chi connectivity index (χ0n) is 17.9. The number of carbonyl (C=O) groups is 2. The zero-order chi connectivity index (χ0) is 22.2. The molecule has 2 amide bonds. The topological polar surface area (TPSA) is 49.4 Å². The van der Waals surface area contributed by atoms with Crippen molar-refractivity contribution in [3.63, 3.8) is 0 Å². The molecule has 0 heterocycles. The maximum atomic E-state index is 13.5. The summed E-state index contributed by atoms with van der Waals surface area (Å²) in [5.74, 6) is 0.103. The molecular weight excluding hydrogens is 431 g/mol. The molecule has 6 heteroatoms. The lowest BCUT2D eigenvalue weighted by Crippen LogP contribution is -2.48. The highest BCUT2D eigenvalue weighted by atomic mass is 35.5. The average Bonchev–Trinajstić information content (AvgIpc) is 2.79. The fourth-order valence-corrected chi connectivity index (χ4v) is 4.45. The van der Waals surface area contributed by atoms with E-state index in [-0.39, 0.29) is 23.7 Å². The SMILES string of the molecule is CC1CCC(NC(=O)[C@H](c2ccc(Cl)cc2)N(CCc2ccccc2)C(=O)CCl)CC1. The monoisotopic (exact) mass is 460 g/mol. The van der Waals surface area contributed by atoms with Crippen molar-refractivity contribution < 1.29 is 9.59 Å². The van der Waals surface area contributed by atoms with Crippen LogP contribution in [0.15, 0.2) is 54.6 Å². The molecule has 2 aromatic carbocycles. The maximum Gasteiger partial charge on any atom is 0.247 e. The Bertz CT molecular complexity index is 850. The van der Waals surface area contributed by atoms with E-state index in [9.17, 15) is 9.59 Å². The summed E-state index contributed by atoms with van der Waals surface area (Å²) >= 11 is 12.0. The highest BCUT2D eigenvalue weighted by molar-refractivity contribution is 6.30. The van der Waals surface area contributed by atoms with Crippen LogP contribution in [0, 0.1) is 5.92 Å². The lowest BCUT2D eigenvalue weighted by atomic mass is 9.87. The van der Waals surface area contributed by atoms with Crippen molar-refractivity contribution in [1.29, 1.82) is 0 Å². The molecule has 0 spiro atoms. The van der Waals surface area contributed by atoms with E-state index in [4.69, 9.17) is 23.2 Å². The molecule has 1 aliphatic rings. The molecule has 1 atom stereocenters. The van der Waals surface area contributed by atoms with E-state index in [2.05, 4.69) is 12.2 Å². The van der Waals surface area contributed by atoms with E-state index in [1.807, 2.05) is 42.5 Å². The summed E-state index contributed by atoms with van der Waals surface area (Å²) < 4.78 is 0. The predicted octanol–water partition coefficient (Wildman–Crippen LogP) is 5.39. The van der Waals surface area contributed by atoms with Crippen molar-refractivity contribution in [1.82, 2.24) is 10.2 Å². The van der Waals surface area contributed by atoms with E-state index >= 15 is 0 Å². The lowest BCUT2D eigenvalue weighted by molar-refractivity contribution is -0.139. The standard InChI is InChI=1S/C25H30Cl2N2O2/c1-18-7-13-22(14-8-18)28-25(31)24(20-9-11-21(27)12-10-20)29(23(30)17-26)16-15-19-5-3-2-4-6-19/h2-6,9-12,18,22,24H,7-8,13-17H2,1H3,(H,28,31)/t18?,22?,24-/m0/s1. The van der Waals surface area contributed by atoms with Gasteiger partial charge in [-0.2, -0.15) is 0 Å². The minimum Gasteiger partial charge on any atom is -0.351 e. The van der Waals surface area contributed by atoms with Gasteiger partial charge < -0.3 is 10.2 Å². The van der Waals surface area contributed by atoms with Gasteiger partial charge in [-0.25, -0.2) is 0 Å². The first-order valence-electron chi connectivity index (χ1n) is 10.9. The van der Waals surface area contributed by atoms with Crippen molar-refractivity contribution in [3.05, 3.63) is 70.7 Å². The smallest absolute Gasteiger partial charge is 0.247 e. The summed E-state index contributed by atoms with van der Waals surface area (Å²) in [7, 11) is 0. The van der Waals surface area contributed by atoms with Gasteiger partial charge in [0, 0.05) is 17.6 Å². The number of amides is 2. The number of carbonyl (C=O) groups excluding carboxylic acids is 2. The van der Waals surface area contributed by atoms with Gasteiger partial charge in [0.15, 0.2) is 0 Å². The Labute approximate surface area is 194 Å². The number of hydrogen-bond donors (Lipinski definition) is 1. The summed E-state index contributed by atoms with van der Waals surface area (Å²) in [6.07, 6.45) is 4.78. The highest BCUT2D eigenvalue weighted by Gasteiger charge is 2.32. The van der Waals surface area contributed by atoms with Crippen LogP contribution < -0.4 is 5.32 Å². The fourth-order valence-electron chi connectivity index (χ4n) is 4.17. The van der Waals surface area contributed by atoms with Gasteiger partial charge in [0.25, 0.3) is 0 Å². The van der Waals surface area contributed by atoms with Gasteiger partial charge in [-0.15, -0.1) is 11.6 Å². The van der Waals surface area contributed by atoms with Crippen molar-refractivity contribution in [2.45, 2.75) is 51.1 Å². The van der Waals surface area contributed by atoms with E-state index < -0.39 is 6.04 Å². The van der Waals surface area contributed by atoms with Crippen molar-refractivity contribution in [3.8, 4) is 0 Å². The molecule has 1 aliphatic carbocycles. The minimum absolute atomic E-state index is 0.139. The third-order valence-electron chi connectivity index (χ3n) is 6.03. The quantitative estimate of drug-likeness (QED) is 0.537. The molecule has 0 unspecified atom stereocenters. The Morgan fingerprint density at radius 2 is 1.68 bits per heavy atom. The van der Waals surface area contributed by atoms with Gasteiger partial charge in [0.2, 0.25) is 11.8 Å². The van der Waals surface area contributed by atoms with Gasteiger partial charge in [0.1, 0.15) is 11.9 Å². The number of nitrogens with zero attached hydrogens (tertiary/aromatic N) is 1. The second kappa shape index (κ2) is 11.5. The van der Waals surface area contributed by atoms with Gasteiger partial charge >= 0.3 is 0 Å². The molecule has 0 bridgehead atoms. The maximum absolute atomic E-state index is 13.5. The van der Waals surface area contributed by atoms with Gasteiger partial charge in [-0.3, -0.25) is 9.59 Å².